The maximum Gasteiger partial charge on any atom is 0.0731 e. The van der Waals surface area contributed by atoms with Gasteiger partial charge in [-0.15, -0.1) is 0 Å². The highest BCUT2D eigenvalue weighted by Gasteiger charge is 2.23. The first-order valence-electron chi connectivity index (χ1n) is 6.00. The number of aliphatic hydroxyl groups excluding tert-OH is 1. The molecule has 1 fully saturated rings. The van der Waals surface area contributed by atoms with Crippen molar-refractivity contribution < 1.29 is 5.11 Å². The minimum Gasteiger partial charge on any atom is -0.391 e. The summed E-state index contributed by atoms with van der Waals surface area (Å²) in [5, 5.41) is 9.57. The molecule has 1 heterocycles. The zero-order chi connectivity index (χ0) is 11.5. The predicted molar refractivity (Wildman–Crippen MR) is 66.5 cm³/mol. The first kappa shape index (κ1) is 11.4. The van der Waals surface area contributed by atoms with E-state index in [1.807, 2.05) is 12.1 Å². The van der Waals surface area contributed by atoms with Gasteiger partial charge in [-0.05, 0) is 24.5 Å². The van der Waals surface area contributed by atoms with Gasteiger partial charge in [0, 0.05) is 24.8 Å². The molecule has 0 aliphatic carbocycles. The summed E-state index contributed by atoms with van der Waals surface area (Å²) in [6.07, 6.45) is 1.61. The Labute approximate surface area is 96.9 Å². The molecule has 3 nitrogen and oxygen atoms in total. The van der Waals surface area contributed by atoms with Crippen LogP contribution >= 0.6 is 0 Å². The second-order valence-corrected chi connectivity index (χ2v) is 4.46. The van der Waals surface area contributed by atoms with Crippen molar-refractivity contribution in [3.8, 4) is 0 Å². The van der Waals surface area contributed by atoms with E-state index in [4.69, 9.17) is 5.73 Å². The van der Waals surface area contributed by atoms with E-state index in [1.165, 1.54) is 11.3 Å². The molecule has 3 N–H and O–H groups in total. The summed E-state index contributed by atoms with van der Waals surface area (Å²) in [5.74, 6) is 0. The molecule has 1 aliphatic heterocycles. The monoisotopic (exact) mass is 220 g/mol. The van der Waals surface area contributed by atoms with Crippen LogP contribution in [0.15, 0.2) is 24.3 Å². The van der Waals surface area contributed by atoms with Gasteiger partial charge in [-0.25, -0.2) is 0 Å². The average Bonchev–Trinajstić information content (AvgIpc) is 2.75. The smallest absolute Gasteiger partial charge is 0.0731 e. The van der Waals surface area contributed by atoms with Crippen molar-refractivity contribution in [3.63, 3.8) is 0 Å². The van der Waals surface area contributed by atoms with Crippen molar-refractivity contribution in [2.45, 2.75) is 31.9 Å². The maximum absolute atomic E-state index is 9.57. The Morgan fingerprint density at radius 1 is 1.50 bits per heavy atom. The third kappa shape index (κ3) is 2.20. The molecule has 1 aliphatic rings. The molecule has 1 aromatic rings. The number of nitrogens with zero attached hydrogens (tertiary/aromatic N) is 1. The number of aliphatic hydroxyl groups is 1. The van der Waals surface area contributed by atoms with Gasteiger partial charge in [0.15, 0.2) is 0 Å². The van der Waals surface area contributed by atoms with Crippen molar-refractivity contribution >= 4 is 5.69 Å². The van der Waals surface area contributed by atoms with Crippen LogP contribution < -0.4 is 10.6 Å². The molecule has 0 spiro atoms. The van der Waals surface area contributed by atoms with E-state index in [-0.39, 0.29) is 12.1 Å². The fourth-order valence-electron chi connectivity index (χ4n) is 2.27. The highest BCUT2D eigenvalue weighted by atomic mass is 16.3. The van der Waals surface area contributed by atoms with E-state index >= 15 is 0 Å². The number of nitrogens with two attached hydrogens (primary N) is 1. The molecule has 88 valence electrons. The number of para-hydroxylation sites is 1. The summed E-state index contributed by atoms with van der Waals surface area (Å²) < 4.78 is 0. The lowest BCUT2D eigenvalue weighted by Gasteiger charge is -2.23. The molecule has 16 heavy (non-hydrogen) atoms. The van der Waals surface area contributed by atoms with Gasteiger partial charge in [-0.3, -0.25) is 0 Å². The Balaban J connectivity index is 2.26. The molecule has 0 saturated carbocycles. The number of hydrogen-bond acceptors (Lipinski definition) is 3. The molecular weight excluding hydrogens is 200 g/mol. The fourth-order valence-corrected chi connectivity index (χ4v) is 2.27. The number of rotatable bonds is 3. The summed E-state index contributed by atoms with van der Waals surface area (Å²) in [4.78, 5) is 2.23. The Bertz CT molecular complexity index is 354. The molecule has 2 rings (SSSR count). The van der Waals surface area contributed by atoms with Crippen molar-refractivity contribution in [1.29, 1.82) is 0 Å². The lowest BCUT2D eigenvalue weighted by atomic mass is 10.0. The van der Waals surface area contributed by atoms with Crippen molar-refractivity contribution in [3.05, 3.63) is 29.8 Å². The van der Waals surface area contributed by atoms with Gasteiger partial charge in [0.2, 0.25) is 0 Å². The van der Waals surface area contributed by atoms with Crippen LogP contribution in [-0.4, -0.2) is 24.3 Å². The van der Waals surface area contributed by atoms with E-state index in [2.05, 4.69) is 24.0 Å². The molecule has 1 saturated heterocycles. The normalized spacial score (nSPS) is 22.4. The highest BCUT2D eigenvalue weighted by Crippen LogP contribution is 2.29. The van der Waals surface area contributed by atoms with Crippen LogP contribution in [0.1, 0.15) is 31.4 Å². The molecule has 0 amide bonds. The van der Waals surface area contributed by atoms with Gasteiger partial charge < -0.3 is 15.7 Å². The molecule has 2 atom stereocenters. The first-order chi connectivity index (χ1) is 7.72. The molecule has 0 radical (unpaired) electrons. The largest absolute Gasteiger partial charge is 0.391 e. The van der Waals surface area contributed by atoms with Crippen LogP contribution in [0.4, 0.5) is 5.69 Å². The van der Waals surface area contributed by atoms with Crippen molar-refractivity contribution in [2.75, 3.05) is 18.0 Å². The average molecular weight is 220 g/mol. The van der Waals surface area contributed by atoms with E-state index in [1.54, 1.807) is 0 Å². The molecule has 1 aromatic carbocycles. The Morgan fingerprint density at radius 3 is 2.88 bits per heavy atom. The highest BCUT2D eigenvalue weighted by molar-refractivity contribution is 5.55. The standard InChI is InChI=1S/C13H20N2O/c1-2-12(14)11-5-3-4-6-13(11)15-8-7-10(16)9-15/h3-6,10,12,16H,2,7-9,14H2,1H3/t10?,12-/m1/s1. The van der Waals surface area contributed by atoms with Gasteiger partial charge in [-0.1, -0.05) is 25.1 Å². The lowest BCUT2D eigenvalue weighted by molar-refractivity contribution is 0.198. The van der Waals surface area contributed by atoms with E-state index < -0.39 is 0 Å². The Hall–Kier alpha value is -1.06. The van der Waals surface area contributed by atoms with Crippen LogP contribution in [0.2, 0.25) is 0 Å². The number of anilines is 1. The SMILES string of the molecule is CC[C@@H](N)c1ccccc1N1CCC(O)C1. The van der Waals surface area contributed by atoms with E-state index in [0.29, 0.717) is 0 Å². The molecular formula is C13H20N2O. The third-order valence-corrected chi connectivity index (χ3v) is 3.28. The first-order valence-corrected chi connectivity index (χ1v) is 6.00. The van der Waals surface area contributed by atoms with Gasteiger partial charge >= 0.3 is 0 Å². The second kappa shape index (κ2) is 4.85. The predicted octanol–water partition coefficient (Wildman–Crippen LogP) is 1.67. The van der Waals surface area contributed by atoms with Crippen LogP contribution in [0, 0.1) is 0 Å². The molecule has 3 heteroatoms. The zero-order valence-electron chi connectivity index (χ0n) is 9.76. The van der Waals surface area contributed by atoms with Gasteiger partial charge in [-0.2, -0.15) is 0 Å². The van der Waals surface area contributed by atoms with Crippen LogP contribution in [0.5, 0.6) is 0 Å². The summed E-state index contributed by atoms with van der Waals surface area (Å²) in [7, 11) is 0. The zero-order valence-corrected chi connectivity index (χ0v) is 9.76. The van der Waals surface area contributed by atoms with E-state index in [0.717, 1.165) is 25.9 Å². The Morgan fingerprint density at radius 2 is 2.25 bits per heavy atom. The minimum atomic E-state index is -0.189. The molecule has 1 unspecified atom stereocenters. The Kier molecular flexibility index (Phi) is 3.46. The quantitative estimate of drug-likeness (QED) is 0.814. The van der Waals surface area contributed by atoms with Crippen LogP contribution in [0.3, 0.4) is 0 Å². The molecule has 0 bridgehead atoms. The lowest BCUT2D eigenvalue weighted by Crippen LogP contribution is -2.24. The maximum atomic E-state index is 9.57. The van der Waals surface area contributed by atoms with Crippen molar-refractivity contribution in [1.82, 2.24) is 0 Å². The summed E-state index contributed by atoms with van der Waals surface area (Å²) in [6, 6.07) is 8.35. The topological polar surface area (TPSA) is 49.5 Å². The van der Waals surface area contributed by atoms with E-state index in [9.17, 15) is 5.11 Å². The number of benzene rings is 1. The third-order valence-electron chi connectivity index (χ3n) is 3.28. The second-order valence-electron chi connectivity index (χ2n) is 4.46. The van der Waals surface area contributed by atoms with Gasteiger partial charge in [0.05, 0.1) is 6.10 Å². The van der Waals surface area contributed by atoms with Crippen LogP contribution in [-0.2, 0) is 0 Å². The molecule has 0 aromatic heterocycles. The number of β-amino-alcohol motifs (C(OH)–C–C–N with tert-alkyl or cyclic N) is 1. The minimum absolute atomic E-state index is 0.0916. The summed E-state index contributed by atoms with van der Waals surface area (Å²) in [6.45, 7) is 3.75. The fraction of sp³-hybridized carbons (Fsp3) is 0.538. The van der Waals surface area contributed by atoms with Crippen molar-refractivity contribution in [2.24, 2.45) is 5.73 Å². The summed E-state index contributed by atoms with van der Waals surface area (Å²) in [5.41, 5.74) is 8.49. The van der Waals surface area contributed by atoms with Gasteiger partial charge in [0.1, 0.15) is 0 Å². The number of hydrogen-bond donors (Lipinski definition) is 2. The van der Waals surface area contributed by atoms with Gasteiger partial charge in [0.25, 0.3) is 0 Å². The summed E-state index contributed by atoms with van der Waals surface area (Å²) >= 11 is 0. The van der Waals surface area contributed by atoms with Crippen LogP contribution in [0.25, 0.3) is 0 Å².